The van der Waals surface area contributed by atoms with Gasteiger partial charge in [0.25, 0.3) is 0 Å². The molecule has 0 spiro atoms. The van der Waals surface area contributed by atoms with Gasteiger partial charge in [-0.05, 0) is 99.3 Å². The quantitative estimate of drug-likeness (QED) is 0.479. The lowest BCUT2D eigenvalue weighted by Crippen LogP contribution is -2.25. The van der Waals surface area contributed by atoms with Crippen LogP contribution in [0, 0.1) is 29.6 Å². The van der Waals surface area contributed by atoms with Crippen molar-refractivity contribution < 1.29 is 0 Å². The van der Waals surface area contributed by atoms with Crippen LogP contribution in [0.25, 0.3) is 0 Å². The summed E-state index contributed by atoms with van der Waals surface area (Å²) in [5.41, 5.74) is 6.71. The molecule has 0 saturated heterocycles. The SMILES string of the molecule is CC=C=CC1CC2CCC(CC)CC2C1CCC=C=CCC. The Balaban J connectivity index is 2.04. The van der Waals surface area contributed by atoms with Crippen LogP contribution >= 0.6 is 0 Å². The molecular formula is C22H34. The Morgan fingerprint density at radius 3 is 2.64 bits per heavy atom. The largest absolute Gasteiger partial charge is 0.130 e. The first kappa shape index (κ1) is 17.4. The van der Waals surface area contributed by atoms with Crippen molar-refractivity contribution in [1.29, 1.82) is 0 Å². The Hall–Kier alpha value is -0.960. The van der Waals surface area contributed by atoms with E-state index in [1.807, 2.05) is 0 Å². The molecule has 0 amide bonds. The van der Waals surface area contributed by atoms with Crippen LogP contribution in [-0.2, 0) is 0 Å². The molecule has 5 atom stereocenters. The maximum atomic E-state index is 3.38. The van der Waals surface area contributed by atoms with Gasteiger partial charge in [0, 0.05) is 0 Å². The highest BCUT2D eigenvalue weighted by Crippen LogP contribution is 2.52. The normalized spacial score (nSPS) is 33.3. The van der Waals surface area contributed by atoms with Crippen LogP contribution in [0.3, 0.4) is 0 Å². The van der Waals surface area contributed by atoms with Crippen LogP contribution < -0.4 is 0 Å². The molecule has 0 aromatic carbocycles. The topological polar surface area (TPSA) is 0 Å². The van der Waals surface area contributed by atoms with Gasteiger partial charge >= 0.3 is 0 Å². The van der Waals surface area contributed by atoms with Crippen LogP contribution in [-0.4, -0.2) is 0 Å². The van der Waals surface area contributed by atoms with E-state index in [2.05, 4.69) is 56.5 Å². The Morgan fingerprint density at radius 2 is 1.91 bits per heavy atom. The lowest BCUT2D eigenvalue weighted by atomic mass is 9.71. The molecule has 0 radical (unpaired) electrons. The van der Waals surface area contributed by atoms with E-state index in [1.54, 1.807) is 0 Å². The highest BCUT2D eigenvalue weighted by atomic mass is 14.5. The second-order valence-corrected chi connectivity index (χ2v) is 7.26. The summed E-state index contributed by atoms with van der Waals surface area (Å²) in [5.74, 6) is 4.60. The Kier molecular flexibility index (Phi) is 7.31. The molecule has 0 aromatic rings. The fourth-order valence-corrected chi connectivity index (χ4v) is 4.79. The molecule has 2 saturated carbocycles. The summed E-state index contributed by atoms with van der Waals surface area (Å²) < 4.78 is 0. The summed E-state index contributed by atoms with van der Waals surface area (Å²) in [6.45, 7) is 6.64. The first-order valence-corrected chi connectivity index (χ1v) is 9.56. The molecule has 0 nitrogen and oxygen atoms in total. The maximum absolute atomic E-state index is 3.38. The predicted molar refractivity (Wildman–Crippen MR) is 96.7 cm³/mol. The molecule has 22 heavy (non-hydrogen) atoms. The van der Waals surface area contributed by atoms with Gasteiger partial charge in [0.05, 0.1) is 0 Å². The number of rotatable bonds is 6. The van der Waals surface area contributed by atoms with Crippen molar-refractivity contribution in [3.8, 4) is 0 Å². The van der Waals surface area contributed by atoms with E-state index in [0.717, 1.165) is 36.0 Å². The van der Waals surface area contributed by atoms with Gasteiger partial charge in [0.15, 0.2) is 0 Å². The smallest absolute Gasteiger partial charge is 0.0124 e. The molecule has 0 heterocycles. The average molecular weight is 299 g/mol. The van der Waals surface area contributed by atoms with Crippen molar-refractivity contribution in [3.05, 3.63) is 35.8 Å². The number of fused-ring (bicyclic) bond motifs is 1. The summed E-state index contributed by atoms with van der Waals surface area (Å²) in [6, 6.07) is 0. The zero-order valence-electron chi connectivity index (χ0n) is 14.9. The molecule has 0 aliphatic heterocycles. The Morgan fingerprint density at radius 1 is 1.05 bits per heavy atom. The summed E-state index contributed by atoms with van der Waals surface area (Å²) in [4.78, 5) is 0. The summed E-state index contributed by atoms with van der Waals surface area (Å²) >= 11 is 0. The highest BCUT2D eigenvalue weighted by Gasteiger charge is 2.44. The van der Waals surface area contributed by atoms with Crippen molar-refractivity contribution in [1.82, 2.24) is 0 Å². The number of allylic oxidation sites excluding steroid dienone is 2. The third-order valence-electron chi connectivity index (χ3n) is 5.97. The standard InChI is InChI=1S/C22H34/c1-4-7-9-10-11-13-21-19(12-8-5-2)17-20-15-14-18(6-3)16-22(20)21/h5,7,10,12,18-22H,4,6,11,13-17H2,1-3H3. The van der Waals surface area contributed by atoms with Gasteiger partial charge < -0.3 is 0 Å². The van der Waals surface area contributed by atoms with E-state index in [4.69, 9.17) is 0 Å². The average Bonchev–Trinajstić information content (AvgIpc) is 2.89. The number of hydrogen-bond acceptors (Lipinski definition) is 0. The lowest BCUT2D eigenvalue weighted by Gasteiger charge is -2.34. The zero-order valence-corrected chi connectivity index (χ0v) is 14.9. The lowest BCUT2D eigenvalue weighted by molar-refractivity contribution is 0.162. The number of hydrogen-bond donors (Lipinski definition) is 0. The van der Waals surface area contributed by atoms with Crippen molar-refractivity contribution >= 4 is 0 Å². The predicted octanol–water partition coefficient (Wildman–Crippen LogP) is 6.70. The molecule has 0 bridgehead atoms. The minimum atomic E-state index is 0.769. The fraction of sp³-hybridized carbons (Fsp3) is 0.727. The van der Waals surface area contributed by atoms with Crippen molar-refractivity contribution in [2.24, 2.45) is 29.6 Å². The van der Waals surface area contributed by atoms with Crippen LogP contribution in [0.4, 0.5) is 0 Å². The van der Waals surface area contributed by atoms with Gasteiger partial charge in [0.2, 0.25) is 0 Å². The molecule has 0 heteroatoms. The first-order valence-electron chi connectivity index (χ1n) is 9.56. The second kappa shape index (κ2) is 9.24. The minimum Gasteiger partial charge on any atom is -0.130 e. The fourth-order valence-electron chi connectivity index (χ4n) is 4.79. The summed E-state index contributed by atoms with van der Waals surface area (Å²) in [6.07, 6.45) is 19.7. The minimum absolute atomic E-state index is 0.769. The zero-order chi connectivity index (χ0) is 15.8. The highest BCUT2D eigenvalue weighted by molar-refractivity contribution is 5.02. The summed E-state index contributed by atoms with van der Waals surface area (Å²) in [5, 5.41) is 0. The van der Waals surface area contributed by atoms with E-state index in [0.29, 0.717) is 0 Å². The van der Waals surface area contributed by atoms with Crippen molar-refractivity contribution in [2.75, 3.05) is 0 Å². The summed E-state index contributed by atoms with van der Waals surface area (Å²) in [7, 11) is 0. The third kappa shape index (κ3) is 4.52. The van der Waals surface area contributed by atoms with Gasteiger partial charge in [-0.25, -0.2) is 0 Å². The molecular weight excluding hydrogens is 264 g/mol. The first-order chi connectivity index (χ1) is 10.8. The van der Waals surface area contributed by atoms with Gasteiger partial charge in [-0.15, -0.1) is 11.5 Å². The molecule has 2 aliphatic carbocycles. The molecule has 2 rings (SSSR count). The maximum Gasteiger partial charge on any atom is -0.0124 e. The van der Waals surface area contributed by atoms with Gasteiger partial charge in [0.1, 0.15) is 0 Å². The van der Waals surface area contributed by atoms with Gasteiger partial charge in [-0.1, -0.05) is 26.7 Å². The molecule has 122 valence electrons. The van der Waals surface area contributed by atoms with E-state index >= 15 is 0 Å². The van der Waals surface area contributed by atoms with Gasteiger partial charge in [-0.3, -0.25) is 0 Å². The Bertz CT molecular complexity index is 443. The molecule has 0 N–H and O–H groups in total. The molecule has 2 aliphatic rings. The molecule has 5 unspecified atom stereocenters. The van der Waals surface area contributed by atoms with Crippen molar-refractivity contribution in [2.45, 2.75) is 72.1 Å². The van der Waals surface area contributed by atoms with E-state index in [1.165, 1.54) is 44.9 Å². The van der Waals surface area contributed by atoms with Crippen LogP contribution in [0.2, 0.25) is 0 Å². The van der Waals surface area contributed by atoms with Gasteiger partial charge in [-0.2, -0.15) is 0 Å². The van der Waals surface area contributed by atoms with Crippen LogP contribution in [0.5, 0.6) is 0 Å². The van der Waals surface area contributed by atoms with Crippen LogP contribution in [0.15, 0.2) is 35.8 Å². The molecule has 0 aromatic heterocycles. The van der Waals surface area contributed by atoms with Crippen LogP contribution in [0.1, 0.15) is 72.1 Å². The monoisotopic (exact) mass is 298 g/mol. The Labute approximate surface area is 138 Å². The van der Waals surface area contributed by atoms with E-state index < -0.39 is 0 Å². The van der Waals surface area contributed by atoms with Crippen molar-refractivity contribution in [3.63, 3.8) is 0 Å². The van der Waals surface area contributed by atoms with E-state index in [-0.39, 0.29) is 0 Å². The second-order valence-electron chi connectivity index (χ2n) is 7.26. The third-order valence-corrected chi connectivity index (χ3v) is 5.97. The molecule has 2 fully saturated rings. The van der Waals surface area contributed by atoms with E-state index in [9.17, 15) is 0 Å².